The van der Waals surface area contributed by atoms with Gasteiger partial charge in [-0.3, -0.25) is 4.99 Å². The van der Waals surface area contributed by atoms with Gasteiger partial charge in [-0.25, -0.2) is 29.8 Å². The van der Waals surface area contributed by atoms with Crippen LogP contribution in [0.2, 0.25) is 0 Å². The third kappa shape index (κ3) is 5.20. The van der Waals surface area contributed by atoms with E-state index >= 15 is 0 Å². The third-order valence-corrected chi connectivity index (χ3v) is 8.42. The molecule has 1 fully saturated rings. The second kappa shape index (κ2) is 11.1. The van der Waals surface area contributed by atoms with Crippen LogP contribution in [0.15, 0.2) is 25.1 Å². The Morgan fingerprint density at radius 2 is 2.08 bits per heavy atom. The highest BCUT2D eigenvalue weighted by atomic mass is 35.5. The molecule has 1 N–H and O–H groups in total. The fourth-order valence-electron chi connectivity index (χ4n) is 5.14. The summed E-state index contributed by atoms with van der Waals surface area (Å²) in [5, 5.41) is 9.12. The molecule has 4 heterocycles. The van der Waals surface area contributed by atoms with Gasteiger partial charge in [-0.15, -0.1) is 16.4 Å². The molecular formula is C26H31ClN8O3S. The van der Waals surface area contributed by atoms with E-state index in [0.29, 0.717) is 40.7 Å². The Labute approximate surface area is 234 Å². The fourth-order valence-corrected chi connectivity index (χ4v) is 6.01. The molecule has 11 nitrogen and oxygen atoms in total. The fraction of sp³-hybridized carbons (Fsp3) is 0.500. The Morgan fingerprint density at radius 1 is 1.31 bits per heavy atom. The van der Waals surface area contributed by atoms with E-state index in [0.717, 1.165) is 29.5 Å². The lowest BCUT2D eigenvalue weighted by Crippen LogP contribution is -2.32. The first-order chi connectivity index (χ1) is 18.8. The molecule has 0 aliphatic heterocycles. The van der Waals surface area contributed by atoms with E-state index < -0.39 is 11.4 Å². The highest BCUT2D eigenvalue weighted by Gasteiger charge is 2.39. The van der Waals surface area contributed by atoms with Crippen molar-refractivity contribution < 1.29 is 9.15 Å². The van der Waals surface area contributed by atoms with Crippen LogP contribution < -0.4 is 5.76 Å². The van der Waals surface area contributed by atoms with Gasteiger partial charge in [0.15, 0.2) is 11.2 Å². The van der Waals surface area contributed by atoms with Gasteiger partial charge in [0.05, 0.1) is 10.7 Å². The molecule has 1 saturated carbocycles. The Hall–Kier alpha value is -3.22. The van der Waals surface area contributed by atoms with E-state index in [-0.39, 0.29) is 11.7 Å². The van der Waals surface area contributed by atoms with Gasteiger partial charge in [-0.05, 0) is 38.5 Å². The lowest BCUT2D eigenvalue weighted by Gasteiger charge is -2.30. The number of rotatable bonds is 8. The van der Waals surface area contributed by atoms with Gasteiger partial charge in [0.1, 0.15) is 17.0 Å². The maximum Gasteiger partial charge on any atom is 0.434 e. The molecule has 0 bridgehead atoms. The van der Waals surface area contributed by atoms with Gasteiger partial charge in [0.25, 0.3) is 5.89 Å². The number of hydrogen-bond acceptors (Lipinski definition) is 10. The molecule has 1 unspecified atom stereocenters. The predicted molar refractivity (Wildman–Crippen MR) is 151 cm³/mol. The smallest absolute Gasteiger partial charge is 0.384 e. The number of nitrogens with zero attached hydrogens (tertiary/aromatic N) is 7. The van der Waals surface area contributed by atoms with E-state index in [1.54, 1.807) is 31.7 Å². The third-order valence-electron chi connectivity index (χ3n) is 7.41. The number of aryl methyl sites for hydroxylation is 1. The Balaban J connectivity index is 1.80. The maximum absolute atomic E-state index is 11.7. The minimum atomic E-state index is -0.965. The summed E-state index contributed by atoms with van der Waals surface area (Å²) in [5.41, 5.74) is 3.35. The van der Waals surface area contributed by atoms with Crippen molar-refractivity contribution in [2.24, 2.45) is 16.8 Å². The van der Waals surface area contributed by atoms with Crippen molar-refractivity contribution in [2.75, 3.05) is 14.2 Å². The van der Waals surface area contributed by atoms with E-state index in [1.165, 1.54) is 18.4 Å². The van der Waals surface area contributed by atoms with Gasteiger partial charge in [0, 0.05) is 43.4 Å². The van der Waals surface area contributed by atoms with Gasteiger partial charge < -0.3 is 13.7 Å². The van der Waals surface area contributed by atoms with Crippen molar-refractivity contribution in [3.63, 3.8) is 0 Å². The highest BCUT2D eigenvalue weighted by Crippen LogP contribution is 2.38. The molecule has 0 spiro atoms. The molecule has 0 amide bonds. The van der Waals surface area contributed by atoms with E-state index in [4.69, 9.17) is 35.7 Å². The number of aliphatic imine (C=N–C) groups is 1. The molecule has 0 saturated heterocycles. The first-order valence-corrected chi connectivity index (χ1v) is 14.1. The number of imidazole rings is 1. The monoisotopic (exact) mass is 570 g/mol. The van der Waals surface area contributed by atoms with Crippen molar-refractivity contribution in [2.45, 2.75) is 58.6 Å². The number of allylic oxidation sites excluding steroid dienone is 1. The second-order valence-electron chi connectivity index (χ2n) is 10.1. The molecule has 39 heavy (non-hydrogen) atoms. The van der Waals surface area contributed by atoms with E-state index in [9.17, 15) is 4.79 Å². The van der Waals surface area contributed by atoms with E-state index in [1.807, 2.05) is 19.2 Å². The number of aromatic amines is 1. The van der Waals surface area contributed by atoms with Crippen molar-refractivity contribution in [3.05, 3.63) is 43.7 Å². The topological polar surface area (TPSA) is 137 Å². The number of fused-ring (bicyclic) bond motifs is 1. The number of halogens is 1. The quantitative estimate of drug-likeness (QED) is 0.294. The predicted octanol–water partition coefficient (Wildman–Crippen LogP) is 4.95. The Bertz CT molecular complexity index is 1590. The zero-order valence-electron chi connectivity index (χ0n) is 22.6. The van der Waals surface area contributed by atoms with Crippen LogP contribution in [0, 0.1) is 18.8 Å². The first-order valence-electron chi connectivity index (χ1n) is 12.8. The Morgan fingerprint density at radius 3 is 2.67 bits per heavy atom. The summed E-state index contributed by atoms with van der Waals surface area (Å²) < 4.78 is 13.5. The van der Waals surface area contributed by atoms with Crippen LogP contribution >= 0.6 is 22.9 Å². The lowest BCUT2D eigenvalue weighted by atomic mass is 9.83. The number of hydrogen-bond donors (Lipinski definition) is 1. The van der Waals surface area contributed by atoms with Gasteiger partial charge in [-0.2, -0.15) is 0 Å². The lowest BCUT2D eigenvalue weighted by molar-refractivity contribution is 0.0245. The number of thiazole rings is 1. The second-order valence-corrected chi connectivity index (χ2v) is 11.4. The Kier molecular flexibility index (Phi) is 7.79. The summed E-state index contributed by atoms with van der Waals surface area (Å²) in [6, 6.07) is 0. The van der Waals surface area contributed by atoms with E-state index in [2.05, 4.69) is 31.7 Å². The minimum Gasteiger partial charge on any atom is -0.384 e. The number of H-pyrrole nitrogens is 1. The molecule has 1 aliphatic rings. The summed E-state index contributed by atoms with van der Waals surface area (Å²) >= 11 is 7.85. The molecule has 0 aromatic carbocycles. The van der Waals surface area contributed by atoms with Crippen molar-refractivity contribution in [1.82, 2.24) is 34.7 Å². The summed E-state index contributed by atoms with van der Waals surface area (Å²) in [6.07, 6.45) is 6.21. The summed E-state index contributed by atoms with van der Waals surface area (Å²) in [7, 11) is 3.32. The minimum absolute atomic E-state index is 0.0486. The van der Waals surface area contributed by atoms with Gasteiger partial charge in [-0.1, -0.05) is 31.4 Å². The molecule has 1 atom stereocenters. The van der Waals surface area contributed by atoms with Crippen LogP contribution in [-0.2, 0) is 16.9 Å². The molecule has 0 radical (unpaired) electrons. The van der Waals surface area contributed by atoms with Crippen LogP contribution in [0.5, 0.6) is 0 Å². The average Bonchev–Trinajstić information content (AvgIpc) is 3.66. The molecule has 4 aromatic rings. The van der Waals surface area contributed by atoms with Crippen LogP contribution in [-0.4, -0.2) is 55.1 Å². The zero-order valence-corrected chi connectivity index (χ0v) is 24.1. The maximum atomic E-state index is 11.7. The first kappa shape index (κ1) is 27.4. The van der Waals surface area contributed by atoms with Crippen molar-refractivity contribution in [3.8, 4) is 11.7 Å². The molecule has 5 rings (SSSR count). The highest BCUT2D eigenvalue weighted by molar-refractivity contribution is 7.09. The largest absolute Gasteiger partial charge is 0.434 e. The summed E-state index contributed by atoms with van der Waals surface area (Å²) in [6.45, 7) is 6.94. The summed E-state index contributed by atoms with van der Waals surface area (Å²) in [4.78, 5) is 35.1. The van der Waals surface area contributed by atoms with Crippen LogP contribution in [0.4, 0.5) is 0 Å². The number of aromatic nitrogens is 7. The molecule has 13 heteroatoms. The standard InChI is InChI=1S/C26H31ClN8O3S/c1-14-6-8-16(9-7-14)12-35-20-19(17(10-27)11-28-4)30-22(23-33-34-25(36)38-23)31-21(20)32-24(35)26(3,37-5)18-13-39-15(2)29-18/h10-11,13-14,16H,6-9,12H2,1-5H3,(H,34,36)/b17-10+,28-11?. The number of nitrogens with one attached hydrogen (secondary N) is 1. The summed E-state index contributed by atoms with van der Waals surface area (Å²) in [5.74, 6) is 1.16. The van der Waals surface area contributed by atoms with Crippen LogP contribution in [0.1, 0.15) is 61.8 Å². The zero-order chi connectivity index (χ0) is 27.7. The van der Waals surface area contributed by atoms with Gasteiger partial charge in [0.2, 0.25) is 5.82 Å². The SMILES string of the molecule is CN=C/C(=C\Cl)c1nc(-c2n[nH]c(=O)o2)nc2nc(C(C)(OC)c3csc(C)n3)n(CC3CCC(C)CC3)c12. The average molecular weight is 571 g/mol. The molecule has 1 aliphatic carbocycles. The molecule has 206 valence electrons. The molecular weight excluding hydrogens is 540 g/mol. The number of ether oxygens (including phenoxy) is 1. The number of methoxy groups -OCH3 is 1. The molecule has 4 aromatic heterocycles. The van der Waals surface area contributed by atoms with Crippen LogP contribution in [0.3, 0.4) is 0 Å². The van der Waals surface area contributed by atoms with Gasteiger partial charge >= 0.3 is 5.76 Å². The normalized spacial score (nSPS) is 20.2. The van der Waals surface area contributed by atoms with Crippen LogP contribution in [0.25, 0.3) is 28.5 Å². The van der Waals surface area contributed by atoms with Crippen molar-refractivity contribution >= 4 is 45.9 Å². The van der Waals surface area contributed by atoms with Crippen molar-refractivity contribution in [1.29, 1.82) is 0 Å².